The first-order valence-corrected chi connectivity index (χ1v) is 11.9. The van der Waals surface area contributed by atoms with Crippen molar-refractivity contribution in [1.82, 2.24) is 14.9 Å². The number of hydrogen-bond donors (Lipinski definition) is 1. The Labute approximate surface area is 206 Å². The molecule has 180 valence electrons. The number of carbonyl (C=O) groups is 1. The number of hydrogen-bond acceptors (Lipinski definition) is 4. The molecule has 4 rings (SSSR count). The van der Waals surface area contributed by atoms with Gasteiger partial charge in [0.05, 0.1) is 24.8 Å². The second-order valence-corrected chi connectivity index (χ2v) is 8.21. The van der Waals surface area contributed by atoms with E-state index in [0.29, 0.717) is 30.9 Å². The lowest BCUT2D eigenvalue weighted by Gasteiger charge is -2.13. The van der Waals surface area contributed by atoms with Crippen LogP contribution in [0.1, 0.15) is 28.2 Å². The molecule has 6 nitrogen and oxygen atoms in total. The predicted octanol–water partition coefficient (Wildman–Crippen LogP) is 5.22. The van der Waals surface area contributed by atoms with Crippen molar-refractivity contribution in [3.8, 4) is 11.5 Å². The zero-order valence-electron chi connectivity index (χ0n) is 20.1. The molecule has 0 spiro atoms. The van der Waals surface area contributed by atoms with Gasteiger partial charge >= 0.3 is 0 Å². The van der Waals surface area contributed by atoms with Crippen LogP contribution in [0.25, 0.3) is 11.0 Å². The zero-order chi connectivity index (χ0) is 24.5. The standard InChI is InChI=1S/C29H31N3O3/c1-3-10-22-11-4-7-16-27(22)35-20-9-19-32-26-15-6-5-14-25(26)31-28(32)17-18-30-29(33)23-12-8-13-24(21-23)34-2/h3-8,11-16,21H,1,9-10,17-20H2,2H3,(H,30,33). The smallest absolute Gasteiger partial charge is 0.251 e. The first kappa shape index (κ1) is 24.1. The van der Waals surface area contributed by atoms with Crippen molar-refractivity contribution in [1.29, 1.82) is 0 Å². The first-order chi connectivity index (χ1) is 17.2. The number of imidazole rings is 1. The maximum Gasteiger partial charge on any atom is 0.251 e. The summed E-state index contributed by atoms with van der Waals surface area (Å²) < 4.78 is 13.5. The van der Waals surface area contributed by atoms with Crippen LogP contribution in [0.5, 0.6) is 11.5 Å². The molecule has 1 amide bonds. The van der Waals surface area contributed by atoms with E-state index in [9.17, 15) is 4.79 Å². The molecular weight excluding hydrogens is 438 g/mol. The van der Waals surface area contributed by atoms with E-state index in [-0.39, 0.29) is 5.91 Å². The van der Waals surface area contributed by atoms with Crippen molar-refractivity contribution in [2.45, 2.75) is 25.8 Å². The van der Waals surface area contributed by atoms with E-state index in [1.807, 2.05) is 54.6 Å². The van der Waals surface area contributed by atoms with E-state index in [2.05, 4.69) is 28.6 Å². The number of nitrogens with one attached hydrogen (secondary N) is 1. The molecule has 1 heterocycles. The summed E-state index contributed by atoms with van der Waals surface area (Å²) in [5.74, 6) is 2.39. The Morgan fingerprint density at radius 3 is 2.77 bits per heavy atom. The second kappa shape index (κ2) is 11.9. The Morgan fingerprint density at radius 2 is 1.91 bits per heavy atom. The largest absolute Gasteiger partial charge is 0.497 e. The molecule has 6 heteroatoms. The Balaban J connectivity index is 1.38. The summed E-state index contributed by atoms with van der Waals surface area (Å²) in [4.78, 5) is 17.4. The van der Waals surface area contributed by atoms with E-state index in [1.165, 1.54) is 0 Å². The highest BCUT2D eigenvalue weighted by Gasteiger charge is 2.12. The van der Waals surface area contributed by atoms with Crippen molar-refractivity contribution in [3.05, 3.63) is 102 Å². The molecule has 0 saturated heterocycles. The van der Waals surface area contributed by atoms with Crippen LogP contribution in [0.3, 0.4) is 0 Å². The van der Waals surface area contributed by atoms with Crippen molar-refractivity contribution >= 4 is 16.9 Å². The number of amides is 1. The van der Waals surface area contributed by atoms with Crippen LogP contribution in [0.2, 0.25) is 0 Å². The minimum Gasteiger partial charge on any atom is -0.497 e. The van der Waals surface area contributed by atoms with Gasteiger partial charge in [-0.2, -0.15) is 0 Å². The maximum atomic E-state index is 12.6. The highest BCUT2D eigenvalue weighted by molar-refractivity contribution is 5.94. The number of allylic oxidation sites excluding steroid dienone is 1. The number of para-hydroxylation sites is 3. The zero-order valence-corrected chi connectivity index (χ0v) is 20.1. The third kappa shape index (κ3) is 6.09. The van der Waals surface area contributed by atoms with E-state index in [1.54, 1.807) is 19.2 Å². The summed E-state index contributed by atoms with van der Waals surface area (Å²) in [5.41, 5.74) is 3.77. The third-order valence-electron chi connectivity index (χ3n) is 5.82. The van der Waals surface area contributed by atoms with Crippen LogP contribution in [0, 0.1) is 0 Å². The van der Waals surface area contributed by atoms with Crippen LogP contribution in [0.4, 0.5) is 0 Å². The van der Waals surface area contributed by atoms with E-state index in [0.717, 1.165) is 47.6 Å². The summed E-state index contributed by atoms with van der Waals surface area (Å²) in [7, 11) is 1.59. The van der Waals surface area contributed by atoms with Crippen LogP contribution in [0.15, 0.2) is 85.5 Å². The average molecular weight is 470 g/mol. The van der Waals surface area contributed by atoms with Gasteiger partial charge in [-0.25, -0.2) is 4.98 Å². The lowest BCUT2D eigenvalue weighted by atomic mass is 10.1. The molecule has 4 aromatic rings. The van der Waals surface area contributed by atoms with Gasteiger partial charge in [0.25, 0.3) is 5.91 Å². The van der Waals surface area contributed by atoms with Gasteiger partial charge in [0.15, 0.2) is 0 Å². The van der Waals surface area contributed by atoms with Crippen LogP contribution >= 0.6 is 0 Å². The second-order valence-electron chi connectivity index (χ2n) is 8.21. The first-order valence-electron chi connectivity index (χ1n) is 11.9. The topological polar surface area (TPSA) is 65.4 Å². The Morgan fingerprint density at radius 1 is 1.09 bits per heavy atom. The molecular formula is C29H31N3O3. The molecule has 0 unspecified atom stereocenters. The molecule has 0 bridgehead atoms. The molecule has 0 fully saturated rings. The number of fused-ring (bicyclic) bond motifs is 1. The summed E-state index contributed by atoms with van der Waals surface area (Å²) in [6, 6.07) is 23.3. The van der Waals surface area contributed by atoms with Gasteiger partial charge in [-0.05, 0) is 54.8 Å². The number of methoxy groups -OCH3 is 1. The summed E-state index contributed by atoms with van der Waals surface area (Å²) in [6.45, 7) is 5.70. The number of rotatable bonds is 12. The van der Waals surface area contributed by atoms with Gasteiger partial charge in [0.2, 0.25) is 0 Å². The number of ether oxygens (including phenoxy) is 2. The minimum atomic E-state index is -0.127. The normalized spacial score (nSPS) is 10.8. The highest BCUT2D eigenvalue weighted by atomic mass is 16.5. The number of aryl methyl sites for hydroxylation is 1. The fourth-order valence-electron chi connectivity index (χ4n) is 4.09. The quantitative estimate of drug-likeness (QED) is 0.228. The Hall–Kier alpha value is -4.06. The highest BCUT2D eigenvalue weighted by Crippen LogP contribution is 2.20. The molecule has 0 aliphatic rings. The molecule has 0 aliphatic carbocycles. The minimum absolute atomic E-state index is 0.127. The van der Waals surface area contributed by atoms with Gasteiger partial charge in [-0.3, -0.25) is 4.79 Å². The number of benzene rings is 3. The summed E-state index contributed by atoms with van der Waals surface area (Å²) >= 11 is 0. The summed E-state index contributed by atoms with van der Waals surface area (Å²) in [5, 5.41) is 3.00. The fraction of sp³-hybridized carbons (Fsp3) is 0.241. The molecule has 0 saturated carbocycles. The van der Waals surface area contributed by atoms with E-state index in [4.69, 9.17) is 14.5 Å². The van der Waals surface area contributed by atoms with E-state index < -0.39 is 0 Å². The van der Waals surface area contributed by atoms with E-state index >= 15 is 0 Å². The molecule has 1 N–H and O–H groups in total. The van der Waals surface area contributed by atoms with Gasteiger partial charge < -0.3 is 19.4 Å². The van der Waals surface area contributed by atoms with Gasteiger partial charge in [-0.15, -0.1) is 6.58 Å². The summed E-state index contributed by atoms with van der Waals surface area (Å²) in [6.07, 6.45) is 4.15. The Bertz CT molecular complexity index is 1300. The number of nitrogens with zero attached hydrogens (tertiary/aromatic N) is 2. The lowest BCUT2D eigenvalue weighted by Crippen LogP contribution is -2.26. The van der Waals surface area contributed by atoms with Gasteiger partial charge in [0.1, 0.15) is 17.3 Å². The third-order valence-corrected chi connectivity index (χ3v) is 5.82. The van der Waals surface area contributed by atoms with Crippen molar-refractivity contribution in [3.63, 3.8) is 0 Å². The molecule has 3 aromatic carbocycles. The SMILES string of the molecule is C=CCc1ccccc1OCCCn1c(CCNC(=O)c2cccc(OC)c2)nc2ccccc21. The predicted molar refractivity (Wildman–Crippen MR) is 139 cm³/mol. The van der Waals surface area contributed by atoms with Crippen LogP contribution < -0.4 is 14.8 Å². The fourth-order valence-corrected chi connectivity index (χ4v) is 4.09. The Kier molecular flexibility index (Phi) is 8.17. The van der Waals surface area contributed by atoms with Gasteiger partial charge in [-0.1, -0.05) is 42.5 Å². The van der Waals surface area contributed by atoms with Gasteiger partial charge in [0, 0.05) is 25.1 Å². The van der Waals surface area contributed by atoms with Crippen molar-refractivity contribution in [2.24, 2.45) is 0 Å². The van der Waals surface area contributed by atoms with Crippen LogP contribution in [-0.2, 0) is 19.4 Å². The molecule has 0 aliphatic heterocycles. The van der Waals surface area contributed by atoms with Crippen LogP contribution in [-0.4, -0.2) is 35.7 Å². The molecule has 0 atom stereocenters. The molecule has 0 radical (unpaired) electrons. The van der Waals surface area contributed by atoms with Crippen molar-refractivity contribution < 1.29 is 14.3 Å². The lowest BCUT2D eigenvalue weighted by molar-refractivity contribution is 0.0953. The van der Waals surface area contributed by atoms with Crippen molar-refractivity contribution in [2.75, 3.05) is 20.3 Å². The molecule has 1 aromatic heterocycles. The maximum absolute atomic E-state index is 12.6. The number of aromatic nitrogens is 2. The average Bonchev–Trinajstić information content (AvgIpc) is 3.25. The monoisotopic (exact) mass is 469 g/mol. The molecule has 35 heavy (non-hydrogen) atoms. The number of carbonyl (C=O) groups excluding carboxylic acids is 1.